The predicted molar refractivity (Wildman–Crippen MR) is 108 cm³/mol. The summed E-state index contributed by atoms with van der Waals surface area (Å²) in [5, 5.41) is 0. The SMILES string of the molecule is COc1ccc(Cc2cc3nc(C)nc(N4CCCCC4)c3[nH]2)cc1.Cl. The van der Waals surface area contributed by atoms with Gasteiger partial charge in [-0.2, -0.15) is 0 Å². The zero-order valence-electron chi connectivity index (χ0n) is 15.3. The third kappa shape index (κ3) is 3.78. The van der Waals surface area contributed by atoms with E-state index in [1.54, 1.807) is 7.11 Å². The molecule has 0 spiro atoms. The fourth-order valence-corrected chi connectivity index (χ4v) is 3.56. The third-order valence-electron chi connectivity index (χ3n) is 4.84. The van der Waals surface area contributed by atoms with E-state index >= 15 is 0 Å². The van der Waals surface area contributed by atoms with Gasteiger partial charge >= 0.3 is 0 Å². The Kier molecular flexibility index (Phi) is 5.67. The fourth-order valence-electron chi connectivity index (χ4n) is 3.56. The van der Waals surface area contributed by atoms with Crippen LogP contribution in [0.2, 0.25) is 0 Å². The second-order valence-electron chi connectivity index (χ2n) is 6.72. The number of nitrogens with zero attached hydrogens (tertiary/aromatic N) is 3. The van der Waals surface area contributed by atoms with Crippen LogP contribution >= 0.6 is 12.4 Å². The van der Waals surface area contributed by atoms with Crippen LogP contribution in [0.15, 0.2) is 30.3 Å². The molecule has 1 aliphatic rings. The number of hydrogen-bond donors (Lipinski definition) is 1. The summed E-state index contributed by atoms with van der Waals surface area (Å²) in [5.74, 6) is 2.78. The van der Waals surface area contributed by atoms with Gasteiger partial charge in [0, 0.05) is 25.2 Å². The van der Waals surface area contributed by atoms with E-state index in [1.165, 1.54) is 30.5 Å². The van der Waals surface area contributed by atoms with E-state index in [9.17, 15) is 0 Å². The largest absolute Gasteiger partial charge is 0.497 e. The van der Waals surface area contributed by atoms with E-state index in [0.29, 0.717) is 0 Å². The fraction of sp³-hybridized carbons (Fsp3) is 0.400. The van der Waals surface area contributed by atoms with Crippen LogP contribution in [-0.4, -0.2) is 35.2 Å². The van der Waals surface area contributed by atoms with Crippen LogP contribution in [0.4, 0.5) is 5.82 Å². The molecule has 4 rings (SSSR count). The first kappa shape index (κ1) is 18.5. The molecule has 1 saturated heterocycles. The number of fused-ring (bicyclic) bond motifs is 1. The second kappa shape index (κ2) is 7.96. The monoisotopic (exact) mass is 372 g/mol. The average Bonchev–Trinajstić information content (AvgIpc) is 3.04. The Bertz CT molecular complexity index is 869. The maximum Gasteiger partial charge on any atom is 0.156 e. The molecule has 5 nitrogen and oxygen atoms in total. The summed E-state index contributed by atoms with van der Waals surface area (Å²) in [6, 6.07) is 10.4. The Morgan fingerprint density at radius 2 is 1.81 bits per heavy atom. The zero-order chi connectivity index (χ0) is 17.2. The van der Waals surface area contributed by atoms with E-state index in [1.807, 2.05) is 19.1 Å². The van der Waals surface area contributed by atoms with Crippen LogP contribution in [0.1, 0.15) is 36.3 Å². The van der Waals surface area contributed by atoms with Crippen molar-refractivity contribution >= 4 is 29.3 Å². The van der Waals surface area contributed by atoms with Gasteiger partial charge in [-0.05, 0) is 49.9 Å². The van der Waals surface area contributed by atoms with Gasteiger partial charge in [-0.3, -0.25) is 0 Å². The molecule has 1 N–H and O–H groups in total. The molecule has 0 saturated carbocycles. The van der Waals surface area contributed by atoms with Crippen molar-refractivity contribution in [2.24, 2.45) is 0 Å². The first-order valence-corrected chi connectivity index (χ1v) is 8.97. The smallest absolute Gasteiger partial charge is 0.156 e. The maximum absolute atomic E-state index is 5.23. The topological polar surface area (TPSA) is 54.0 Å². The van der Waals surface area contributed by atoms with E-state index in [2.05, 4.69) is 33.1 Å². The highest BCUT2D eigenvalue weighted by Gasteiger charge is 2.18. The Labute approximate surface area is 160 Å². The first-order chi connectivity index (χ1) is 12.2. The minimum Gasteiger partial charge on any atom is -0.497 e. The summed E-state index contributed by atoms with van der Waals surface area (Å²) in [6.07, 6.45) is 4.64. The van der Waals surface area contributed by atoms with Gasteiger partial charge in [0.25, 0.3) is 0 Å². The minimum atomic E-state index is 0. The van der Waals surface area contributed by atoms with Gasteiger partial charge in [0.05, 0.1) is 12.6 Å². The number of H-pyrrole nitrogens is 1. The van der Waals surface area contributed by atoms with Gasteiger partial charge in [-0.15, -0.1) is 12.4 Å². The number of halogens is 1. The predicted octanol–water partition coefficient (Wildman–Crippen LogP) is 4.28. The molecule has 0 bridgehead atoms. The number of methoxy groups -OCH3 is 1. The molecule has 1 fully saturated rings. The maximum atomic E-state index is 5.23. The molecule has 1 aliphatic heterocycles. The standard InChI is InChI=1S/C20H24N4O.ClH/c1-14-21-18-13-16(12-15-6-8-17(25-2)9-7-15)23-19(18)20(22-14)24-10-4-3-5-11-24;/h6-9,13,23H,3-5,10-12H2,1-2H3;1H. The van der Waals surface area contributed by atoms with Crippen molar-refractivity contribution in [1.29, 1.82) is 0 Å². The molecule has 6 heteroatoms. The highest BCUT2D eigenvalue weighted by molar-refractivity contribution is 5.87. The van der Waals surface area contributed by atoms with Crippen molar-refractivity contribution in [3.63, 3.8) is 0 Å². The van der Waals surface area contributed by atoms with Crippen LogP contribution in [0.3, 0.4) is 0 Å². The molecule has 3 aromatic rings. The highest BCUT2D eigenvalue weighted by atomic mass is 35.5. The number of rotatable bonds is 4. The average molecular weight is 373 g/mol. The lowest BCUT2D eigenvalue weighted by Gasteiger charge is -2.28. The van der Waals surface area contributed by atoms with Crippen molar-refractivity contribution in [1.82, 2.24) is 15.0 Å². The normalized spacial score (nSPS) is 14.3. The van der Waals surface area contributed by atoms with Gasteiger partial charge < -0.3 is 14.6 Å². The molecular weight excluding hydrogens is 348 g/mol. The Morgan fingerprint density at radius 1 is 1.08 bits per heavy atom. The number of anilines is 1. The summed E-state index contributed by atoms with van der Waals surface area (Å²) >= 11 is 0. The molecule has 3 heterocycles. The van der Waals surface area contributed by atoms with E-state index in [-0.39, 0.29) is 12.4 Å². The minimum absolute atomic E-state index is 0. The van der Waals surface area contributed by atoms with Gasteiger partial charge in [0.15, 0.2) is 5.82 Å². The van der Waals surface area contributed by atoms with Gasteiger partial charge in [-0.25, -0.2) is 9.97 Å². The second-order valence-corrected chi connectivity index (χ2v) is 6.72. The molecule has 0 amide bonds. The zero-order valence-corrected chi connectivity index (χ0v) is 16.1. The van der Waals surface area contributed by atoms with Crippen LogP contribution in [0.25, 0.3) is 11.0 Å². The molecule has 26 heavy (non-hydrogen) atoms. The van der Waals surface area contributed by atoms with E-state index in [0.717, 1.165) is 47.9 Å². The summed E-state index contributed by atoms with van der Waals surface area (Å²) in [5.41, 5.74) is 4.49. The molecule has 0 atom stereocenters. The van der Waals surface area contributed by atoms with Gasteiger partial charge in [-0.1, -0.05) is 12.1 Å². The van der Waals surface area contributed by atoms with Crippen molar-refractivity contribution in [2.75, 3.05) is 25.1 Å². The van der Waals surface area contributed by atoms with Crippen LogP contribution in [0, 0.1) is 6.92 Å². The van der Waals surface area contributed by atoms with Crippen LogP contribution < -0.4 is 9.64 Å². The molecule has 1 aromatic carbocycles. The van der Waals surface area contributed by atoms with Crippen LogP contribution in [-0.2, 0) is 6.42 Å². The van der Waals surface area contributed by atoms with Crippen LogP contribution in [0.5, 0.6) is 5.75 Å². The van der Waals surface area contributed by atoms with Crippen molar-refractivity contribution in [3.05, 3.63) is 47.4 Å². The molecule has 0 unspecified atom stereocenters. The number of aromatic nitrogens is 3. The van der Waals surface area contributed by atoms with Crippen molar-refractivity contribution in [3.8, 4) is 5.75 Å². The van der Waals surface area contributed by atoms with E-state index < -0.39 is 0 Å². The number of piperidine rings is 1. The quantitative estimate of drug-likeness (QED) is 0.742. The molecule has 0 aliphatic carbocycles. The van der Waals surface area contributed by atoms with Crippen molar-refractivity contribution in [2.45, 2.75) is 32.6 Å². The van der Waals surface area contributed by atoms with Crippen molar-refractivity contribution < 1.29 is 4.74 Å². The summed E-state index contributed by atoms with van der Waals surface area (Å²) < 4.78 is 5.23. The van der Waals surface area contributed by atoms with Gasteiger partial charge in [0.1, 0.15) is 17.1 Å². The lowest BCUT2D eigenvalue weighted by atomic mass is 10.1. The summed E-state index contributed by atoms with van der Waals surface area (Å²) in [6.45, 7) is 4.14. The Hall–Kier alpha value is -2.27. The lowest BCUT2D eigenvalue weighted by Crippen LogP contribution is -2.30. The number of hydrogen-bond acceptors (Lipinski definition) is 4. The molecule has 0 radical (unpaired) electrons. The van der Waals surface area contributed by atoms with Gasteiger partial charge in [0.2, 0.25) is 0 Å². The summed E-state index contributed by atoms with van der Waals surface area (Å²) in [7, 11) is 1.69. The third-order valence-corrected chi connectivity index (χ3v) is 4.84. The molecular formula is C20H25ClN4O. The van der Waals surface area contributed by atoms with E-state index in [4.69, 9.17) is 9.72 Å². The summed E-state index contributed by atoms with van der Waals surface area (Å²) in [4.78, 5) is 15.3. The highest BCUT2D eigenvalue weighted by Crippen LogP contribution is 2.27. The lowest BCUT2D eigenvalue weighted by molar-refractivity contribution is 0.414. The molecule has 2 aromatic heterocycles. The molecule has 138 valence electrons. The number of aromatic amines is 1. The Balaban J connectivity index is 0.00000196. The first-order valence-electron chi connectivity index (χ1n) is 8.97. The number of aryl methyl sites for hydroxylation is 1. The number of benzene rings is 1. The number of ether oxygens (including phenoxy) is 1. The number of nitrogens with one attached hydrogen (secondary N) is 1. The Morgan fingerprint density at radius 3 is 2.50 bits per heavy atom.